The number of para-hydroxylation sites is 1. The van der Waals surface area contributed by atoms with Crippen molar-refractivity contribution >= 4 is 33.4 Å². The highest BCUT2D eigenvalue weighted by Gasteiger charge is 2.23. The number of carbonyl (C=O) groups is 1. The van der Waals surface area contributed by atoms with Crippen LogP contribution in [0.1, 0.15) is 21.5 Å². The average molecular weight is 518 g/mol. The molecule has 3 aromatic rings. The van der Waals surface area contributed by atoms with Gasteiger partial charge in [-0.25, -0.2) is 4.39 Å². The maximum atomic E-state index is 14.1. The molecule has 1 aliphatic heterocycles. The lowest BCUT2D eigenvalue weighted by atomic mass is 10.1. The molecule has 1 heterocycles. The molecule has 32 heavy (non-hydrogen) atoms. The van der Waals surface area contributed by atoms with Crippen LogP contribution in [0, 0.1) is 5.82 Å². The SMILES string of the molecule is O=C(c1cccc(COc2ccccc2Br)c1)N1CCN(Cc2c(F)cccc2Cl)CC1. The van der Waals surface area contributed by atoms with Crippen molar-refractivity contribution in [2.45, 2.75) is 13.2 Å². The number of hydrogen-bond acceptors (Lipinski definition) is 3. The monoisotopic (exact) mass is 516 g/mol. The van der Waals surface area contributed by atoms with E-state index in [-0.39, 0.29) is 11.7 Å². The quantitative estimate of drug-likeness (QED) is 0.416. The van der Waals surface area contributed by atoms with Gasteiger partial charge in [0.2, 0.25) is 0 Å². The molecule has 1 aliphatic rings. The molecule has 0 N–H and O–H groups in total. The Morgan fingerprint density at radius 3 is 2.50 bits per heavy atom. The number of amides is 1. The summed E-state index contributed by atoms with van der Waals surface area (Å²) < 4.78 is 20.8. The van der Waals surface area contributed by atoms with E-state index < -0.39 is 0 Å². The number of nitrogens with zero attached hydrogens (tertiary/aromatic N) is 2. The Bertz CT molecular complexity index is 1080. The van der Waals surface area contributed by atoms with Gasteiger partial charge in [0.25, 0.3) is 5.91 Å². The molecular formula is C25H23BrClFN2O2. The number of benzene rings is 3. The Hall–Kier alpha value is -2.41. The van der Waals surface area contributed by atoms with Crippen LogP contribution in [0.5, 0.6) is 5.75 Å². The summed E-state index contributed by atoms with van der Waals surface area (Å²) in [5.74, 6) is 0.462. The van der Waals surface area contributed by atoms with Crippen molar-refractivity contribution in [2.24, 2.45) is 0 Å². The number of carbonyl (C=O) groups excluding carboxylic acids is 1. The van der Waals surface area contributed by atoms with Crippen LogP contribution in [0.15, 0.2) is 71.2 Å². The first-order valence-corrected chi connectivity index (χ1v) is 11.6. The van der Waals surface area contributed by atoms with E-state index >= 15 is 0 Å². The fourth-order valence-electron chi connectivity index (χ4n) is 3.72. The zero-order valence-electron chi connectivity index (χ0n) is 17.4. The number of halogens is 3. The summed E-state index contributed by atoms with van der Waals surface area (Å²) in [6.45, 7) is 3.32. The van der Waals surface area contributed by atoms with Gasteiger partial charge in [-0.05, 0) is 57.9 Å². The maximum absolute atomic E-state index is 14.1. The smallest absolute Gasteiger partial charge is 0.253 e. The number of piperazine rings is 1. The number of ether oxygens (including phenoxy) is 1. The van der Waals surface area contributed by atoms with Crippen molar-refractivity contribution in [1.82, 2.24) is 9.80 Å². The minimum atomic E-state index is -0.294. The third kappa shape index (κ3) is 5.49. The van der Waals surface area contributed by atoms with E-state index in [4.69, 9.17) is 16.3 Å². The van der Waals surface area contributed by atoms with Crippen LogP contribution in [0.3, 0.4) is 0 Å². The topological polar surface area (TPSA) is 32.8 Å². The highest BCUT2D eigenvalue weighted by molar-refractivity contribution is 9.10. The predicted octanol–water partition coefficient (Wildman–Crippen LogP) is 5.78. The minimum absolute atomic E-state index is 0.00341. The Morgan fingerprint density at radius 2 is 1.75 bits per heavy atom. The summed E-state index contributed by atoms with van der Waals surface area (Å²) in [7, 11) is 0. The molecule has 166 valence electrons. The molecule has 0 aromatic heterocycles. The Morgan fingerprint density at radius 1 is 1.00 bits per heavy atom. The van der Waals surface area contributed by atoms with Crippen LogP contribution in [0.2, 0.25) is 5.02 Å². The van der Waals surface area contributed by atoms with Crippen molar-refractivity contribution < 1.29 is 13.9 Å². The molecule has 0 atom stereocenters. The van der Waals surface area contributed by atoms with Crippen LogP contribution >= 0.6 is 27.5 Å². The summed E-state index contributed by atoms with van der Waals surface area (Å²) in [5, 5.41) is 0.435. The highest BCUT2D eigenvalue weighted by atomic mass is 79.9. The first-order valence-electron chi connectivity index (χ1n) is 10.4. The van der Waals surface area contributed by atoms with Crippen LogP contribution in [0.25, 0.3) is 0 Å². The van der Waals surface area contributed by atoms with E-state index in [9.17, 15) is 9.18 Å². The van der Waals surface area contributed by atoms with Gasteiger partial charge in [-0.3, -0.25) is 9.69 Å². The molecule has 0 spiro atoms. The van der Waals surface area contributed by atoms with Gasteiger partial charge in [-0.15, -0.1) is 0 Å². The number of rotatable bonds is 6. The third-order valence-electron chi connectivity index (χ3n) is 5.51. The van der Waals surface area contributed by atoms with E-state index in [2.05, 4.69) is 20.8 Å². The second kappa shape index (κ2) is 10.5. The second-order valence-electron chi connectivity index (χ2n) is 7.69. The van der Waals surface area contributed by atoms with Crippen molar-refractivity contribution in [2.75, 3.05) is 26.2 Å². The molecule has 3 aromatic carbocycles. The second-order valence-corrected chi connectivity index (χ2v) is 8.95. The molecule has 1 saturated heterocycles. The molecule has 4 rings (SSSR count). The van der Waals surface area contributed by atoms with Crippen molar-refractivity contribution in [3.8, 4) is 5.75 Å². The van der Waals surface area contributed by atoms with E-state index in [1.807, 2.05) is 53.4 Å². The van der Waals surface area contributed by atoms with Gasteiger partial charge in [0.05, 0.1) is 4.47 Å². The summed E-state index contributed by atoms with van der Waals surface area (Å²) >= 11 is 9.63. The molecule has 0 unspecified atom stereocenters. The fourth-order valence-corrected chi connectivity index (χ4v) is 4.34. The summed E-state index contributed by atoms with van der Waals surface area (Å²) in [5.41, 5.74) is 2.08. The van der Waals surface area contributed by atoms with E-state index in [1.54, 1.807) is 12.1 Å². The van der Waals surface area contributed by atoms with Gasteiger partial charge in [0.1, 0.15) is 18.2 Å². The van der Waals surface area contributed by atoms with Gasteiger partial charge in [-0.2, -0.15) is 0 Å². The Balaban J connectivity index is 1.34. The summed E-state index contributed by atoms with van der Waals surface area (Å²) in [6.07, 6.45) is 0. The molecule has 0 saturated carbocycles. The molecule has 0 bridgehead atoms. The summed E-state index contributed by atoms with van der Waals surface area (Å²) in [6, 6.07) is 19.9. The predicted molar refractivity (Wildman–Crippen MR) is 128 cm³/mol. The lowest BCUT2D eigenvalue weighted by Crippen LogP contribution is -2.48. The van der Waals surface area contributed by atoms with Crippen LogP contribution < -0.4 is 4.74 Å². The van der Waals surface area contributed by atoms with Gasteiger partial charge >= 0.3 is 0 Å². The average Bonchev–Trinajstić information content (AvgIpc) is 2.81. The Kier molecular flexibility index (Phi) is 7.45. The Labute approximate surface area is 200 Å². The maximum Gasteiger partial charge on any atom is 0.253 e. The van der Waals surface area contributed by atoms with Gasteiger partial charge in [-0.1, -0.05) is 41.9 Å². The molecule has 1 amide bonds. The van der Waals surface area contributed by atoms with E-state index in [1.165, 1.54) is 6.07 Å². The molecule has 7 heteroatoms. The lowest BCUT2D eigenvalue weighted by Gasteiger charge is -2.35. The van der Waals surface area contributed by atoms with Crippen molar-refractivity contribution in [3.05, 3.63) is 98.7 Å². The minimum Gasteiger partial charge on any atom is -0.488 e. The third-order valence-corrected chi connectivity index (χ3v) is 6.52. The van der Waals surface area contributed by atoms with Crippen molar-refractivity contribution in [3.63, 3.8) is 0 Å². The van der Waals surface area contributed by atoms with Gasteiger partial charge in [0.15, 0.2) is 0 Å². The fraction of sp³-hybridized carbons (Fsp3) is 0.240. The van der Waals surface area contributed by atoms with Gasteiger partial charge < -0.3 is 9.64 Å². The normalized spacial score (nSPS) is 14.4. The van der Waals surface area contributed by atoms with Crippen LogP contribution in [0.4, 0.5) is 4.39 Å². The standard InChI is InChI=1S/C25H23BrClFN2O2/c26-21-7-1-2-10-24(21)32-17-18-5-3-6-19(15-18)25(31)30-13-11-29(12-14-30)16-20-22(27)8-4-9-23(20)28/h1-10,15H,11-14,16-17H2. The zero-order valence-corrected chi connectivity index (χ0v) is 19.8. The van der Waals surface area contributed by atoms with Gasteiger partial charge in [0, 0.05) is 48.9 Å². The molecule has 1 fully saturated rings. The molecule has 4 nitrogen and oxygen atoms in total. The van der Waals surface area contributed by atoms with Crippen LogP contribution in [-0.4, -0.2) is 41.9 Å². The molecule has 0 aliphatic carbocycles. The highest BCUT2D eigenvalue weighted by Crippen LogP contribution is 2.25. The van der Waals surface area contributed by atoms with E-state index in [0.29, 0.717) is 55.5 Å². The first-order chi connectivity index (χ1) is 15.5. The molecule has 0 radical (unpaired) electrons. The van der Waals surface area contributed by atoms with Crippen molar-refractivity contribution in [1.29, 1.82) is 0 Å². The zero-order chi connectivity index (χ0) is 22.5. The first kappa shape index (κ1) is 22.8. The van der Waals surface area contributed by atoms with Crippen LogP contribution in [-0.2, 0) is 13.2 Å². The largest absolute Gasteiger partial charge is 0.488 e. The number of hydrogen-bond donors (Lipinski definition) is 0. The lowest BCUT2D eigenvalue weighted by molar-refractivity contribution is 0.0627. The van der Waals surface area contributed by atoms with E-state index in [0.717, 1.165) is 15.8 Å². The summed E-state index contributed by atoms with van der Waals surface area (Å²) in [4.78, 5) is 17.0. The molecular weight excluding hydrogens is 495 g/mol.